The van der Waals surface area contributed by atoms with E-state index < -0.39 is 5.97 Å². The fourth-order valence-electron chi connectivity index (χ4n) is 2.38. The highest BCUT2D eigenvalue weighted by atomic mass is 35.5. The standard InChI is InChI=1S/C22H17ClN2O4/c1-28-19-11-7-16(8-12-19)21(26)25-24-14-15-3-2-4-20(13-15)29-22(27)17-5-9-18(23)10-6-17/h2-14H,1H3,(H,25,26). The van der Waals surface area contributed by atoms with Gasteiger partial charge in [0.05, 0.1) is 18.9 Å². The summed E-state index contributed by atoms with van der Waals surface area (Å²) in [7, 11) is 1.56. The molecule has 1 N–H and O–H groups in total. The van der Waals surface area contributed by atoms with E-state index in [2.05, 4.69) is 10.5 Å². The lowest BCUT2D eigenvalue weighted by Gasteiger charge is -2.05. The van der Waals surface area contributed by atoms with Crippen LogP contribution in [0.1, 0.15) is 26.3 Å². The predicted molar refractivity (Wildman–Crippen MR) is 111 cm³/mol. The Morgan fingerprint density at radius 1 is 0.931 bits per heavy atom. The number of rotatable bonds is 6. The Labute approximate surface area is 172 Å². The molecule has 0 aliphatic carbocycles. The van der Waals surface area contributed by atoms with E-state index in [0.717, 1.165) is 0 Å². The van der Waals surface area contributed by atoms with Gasteiger partial charge in [-0.1, -0.05) is 23.7 Å². The Morgan fingerprint density at radius 3 is 2.31 bits per heavy atom. The van der Waals surface area contributed by atoms with Crippen molar-refractivity contribution in [3.63, 3.8) is 0 Å². The minimum absolute atomic E-state index is 0.353. The summed E-state index contributed by atoms with van der Waals surface area (Å²) in [6.45, 7) is 0. The molecule has 0 radical (unpaired) electrons. The van der Waals surface area contributed by atoms with Crippen LogP contribution in [0.15, 0.2) is 77.9 Å². The molecule has 29 heavy (non-hydrogen) atoms. The van der Waals surface area contributed by atoms with Gasteiger partial charge in [0.25, 0.3) is 5.91 Å². The molecular formula is C22H17ClN2O4. The summed E-state index contributed by atoms with van der Waals surface area (Å²) < 4.78 is 10.4. The number of nitrogens with one attached hydrogen (secondary N) is 1. The Kier molecular flexibility index (Phi) is 6.60. The highest BCUT2D eigenvalue weighted by Crippen LogP contribution is 2.16. The monoisotopic (exact) mass is 408 g/mol. The van der Waals surface area contributed by atoms with Gasteiger partial charge in [-0.2, -0.15) is 5.10 Å². The number of carbonyl (C=O) groups excluding carboxylic acids is 2. The van der Waals surface area contributed by atoms with Crippen LogP contribution >= 0.6 is 11.6 Å². The van der Waals surface area contributed by atoms with Gasteiger partial charge in [-0.05, 0) is 66.2 Å². The van der Waals surface area contributed by atoms with E-state index in [1.165, 1.54) is 6.21 Å². The minimum Gasteiger partial charge on any atom is -0.497 e. The second-order valence-electron chi connectivity index (χ2n) is 5.90. The van der Waals surface area contributed by atoms with Crippen molar-refractivity contribution < 1.29 is 19.1 Å². The topological polar surface area (TPSA) is 77.0 Å². The normalized spacial score (nSPS) is 10.6. The number of hydrazone groups is 1. The van der Waals surface area contributed by atoms with Crippen LogP contribution in [0.5, 0.6) is 11.5 Å². The van der Waals surface area contributed by atoms with Crippen molar-refractivity contribution in [2.24, 2.45) is 5.10 Å². The Bertz CT molecular complexity index is 1030. The summed E-state index contributed by atoms with van der Waals surface area (Å²) in [5, 5.41) is 4.48. The van der Waals surface area contributed by atoms with E-state index >= 15 is 0 Å². The molecule has 3 aromatic rings. The van der Waals surface area contributed by atoms with Crippen LogP contribution in [-0.2, 0) is 0 Å². The van der Waals surface area contributed by atoms with Crippen LogP contribution < -0.4 is 14.9 Å². The van der Waals surface area contributed by atoms with Crippen molar-refractivity contribution in [2.75, 3.05) is 7.11 Å². The van der Waals surface area contributed by atoms with Crippen LogP contribution in [0, 0.1) is 0 Å². The summed E-state index contributed by atoms with van der Waals surface area (Å²) in [5.74, 6) is 0.170. The highest BCUT2D eigenvalue weighted by molar-refractivity contribution is 6.30. The molecule has 0 atom stereocenters. The number of hydrogen-bond acceptors (Lipinski definition) is 5. The third-order valence-corrected chi connectivity index (χ3v) is 4.13. The van der Waals surface area contributed by atoms with Crippen molar-refractivity contribution in [3.05, 3.63) is 94.5 Å². The van der Waals surface area contributed by atoms with Crippen LogP contribution in [0.4, 0.5) is 0 Å². The summed E-state index contributed by atoms with van der Waals surface area (Å²) >= 11 is 5.82. The van der Waals surface area contributed by atoms with E-state index in [1.807, 2.05) is 0 Å². The number of ether oxygens (including phenoxy) is 2. The fourth-order valence-corrected chi connectivity index (χ4v) is 2.51. The summed E-state index contributed by atoms with van der Waals surface area (Å²) in [5.41, 5.74) is 3.94. The van der Waals surface area contributed by atoms with Crippen LogP contribution in [-0.4, -0.2) is 25.2 Å². The number of esters is 1. The molecule has 0 unspecified atom stereocenters. The number of methoxy groups -OCH3 is 1. The number of benzene rings is 3. The van der Waals surface area contributed by atoms with Gasteiger partial charge in [0.2, 0.25) is 0 Å². The third kappa shape index (κ3) is 5.67. The Morgan fingerprint density at radius 2 is 1.62 bits per heavy atom. The molecule has 0 spiro atoms. The zero-order valence-corrected chi connectivity index (χ0v) is 16.2. The van der Waals surface area contributed by atoms with Gasteiger partial charge in [-0.25, -0.2) is 10.2 Å². The molecule has 3 rings (SSSR count). The highest BCUT2D eigenvalue weighted by Gasteiger charge is 2.09. The minimum atomic E-state index is -0.497. The van der Waals surface area contributed by atoms with Crippen LogP contribution in [0.2, 0.25) is 5.02 Å². The third-order valence-electron chi connectivity index (χ3n) is 3.88. The summed E-state index contributed by atoms with van der Waals surface area (Å²) in [4.78, 5) is 24.3. The van der Waals surface area contributed by atoms with Crippen molar-refractivity contribution in [3.8, 4) is 11.5 Å². The molecule has 146 valence electrons. The van der Waals surface area contributed by atoms with Crippen LogP contribution in [0.3, 0.4) is 0 Å². The molecule has 0 aromatic heterocycles. The van der Waals surface area contributed by atoms with E-state index in [1.54, 1.807) is 79.9 Å². The molecule has 0 aliphatic rings. The van der Waals surface area contributed by atoms with Crippen molar-refractivity contribution in [1.29, 1.82) is 0 Å². The molecule has 0 aliphatic heterocycles. The fraction of sp³-hybridized carbons (Fsp3) is 0.0455. The summed E-state index contributed by atoms with van der Waals surface area (Å²) in [6, 6.07) is 19.8. The van der Waals surface area contributed by atoms with Gasteiger partial charge in [0.15, 0.2) is 0 Å². The van der Waals surface area contributed by atoms with Gasteiger partial charge in [0.1, 0.15) is 11.5 Å². The first-order valence-corrected chi connectivity index (χ1v) is 8.98. The van der Waals surface area contributed by atoms with E-state index in [0.29, 0.717) is 33.2 Å². The predicted octanol–water partition coefficient (Wildman–Crippen LogP) is 4.33. The van der Waals surface area contributed by atoms with Crippen molar-refractivity contribution in [1.82, 2.24) is 5.43 Å². The van der Waals surface area contributed by atoms with E-state index in [9.17, 15) is 9.59 Å². The van der Waals surface area contributed by atoms with E-state index in [-0.39, 0.29) is 5.91 Å². The number of amides is 1. The lowest BCUT2D eigenvalue weighted by atomic mass is 10.2. The van der Waals surface area contributed by atoms with Crippen molar-refractivity contribution >= 4 is 29.7 Å². The van der Waals surface area contributed by atoms with Crippen LogP contribution in [0.25, 0.3) is 0 Å². The number of carbonyl (C=O) groups is 2. The smallest absolute Gasteiger partial charge is 0.343 e. The molecule has 0 saturated heterocycles. The molecular weight excluding hydrogens is 392 g/mol. The molecule has 7 heteroatoms. The first-order valence-electron chi connectivity index (χ1n) is 8.60. The molecule has 0 fully saturated rings. The summed E-state index contributed by atoms with van der Waals surface area (Å²) in [6.07, 6.45) is 1.46. The number of halogens is 1. The van der Waals surface area contributed by atoms with Gasteiger partial charge in [-0.15, -0.1) is 0 Å². The lowest BCUT2D eigenvalue weighted by molar-refractivity contribution is 0.0734. The second-order valence-corrected chi connectivity index (χ2v) is 6.33. The largest absolute Gasteiger partial charge is 0.497 e. The van der Waals surface area contributed by atoms with Gasteiger partial charge in [0, 0.05) is 10.6 Å². The molecule has 0 heterocycles. The maximum Gasteiger partial charge on any atom is 0.343 e. The average Bonchev–Trinajstić information content (AvgIpc) is 2.74. The van der Waals surface area contributed by atoms with Gasteiger partial charge >= 0.3 is 5.97 Å². The molecule has 0 saturated carbocycles. The zero-order chi connectivity index (χ0) is 20.6. The molecule has 1 amide bonds. The van der Waals surface area contributed by atoms with E-state index in [4.69, 9.17) is 21.1 Å². The first kappa shape index (κ1) is 20.1. The number of hydrogen-bond donors (Lipinski definition) is 1. The molecule has 3 aromatic carbocycles. The zero-order valence-electron chi connectivity index (χ0n) is 15.5. The SMILES string of the molecule is COc1ccc(C(=O)NN=Cc2cccc(OC(=O)c3ccc(Cl)cc3)c2)cc1. The van der Waals surface area contributed by atoms with Gasteiger partial charge < -0.3 is 9.47 Å². The molecule has 6 nitrogen and oxygen atoms in total. The molecule has 0 bridgehead atoms. The quantitative estimate of drug-likeness (QED) is 0.285. The Balaban J connectivity index is 1.60. The first-order chi connectivity index (χ1) is 14.0. The maximum absolute atomic E-state index is 12.2. The van der Waals surface area contributed by atoms with Crippen molar-refractivity contribution in [2.45, 2.75) is 0 Å². The maximum atomic E-state index is 12.2. The second kappa shape index (κ2) is 9.52. The average molecular weight is 409 g/mol. The lowest BCUT2D eigenvalue weighted by Crippen LogP contribution is -2.17. The van der Waals surface area contributed by atoms with Gasteiger partial charge in [-0.3, -0.25) is 4.79 Å². The number of nitrogens with zero attached hydrogens (tertiary/aromatic N) is 1. The Hall–Kier alpha value is -3.64.